The van der Waals surface area contributed by atoms with E-state index in [1.54, 1.807) is 12.1 Å². The van der Waals surface area contributed by atoms with E-state index in [1.165, 1.54) is 6.07 Å². The molecular formula is C14H20FNO. The fourth-order valence-electron chi connectivity index (χ4n) is 1.52. The fraction of sp³-hybridized carbons (Fsp3) is 0.429. The van der Waals surface area contributed by atoms with Gasteiger partial charge < -0.3 is 10.1 Å². The van der Waals surface area contributed by atoms with Gasteiger partial charge in [-0.05, 0) is 32.9 Å². The Hall–Kier alpha value is -1.35. The van der Waals surface area contributed by atoms with Crippen LogP contribution in [0.15, 0.2) is 30.9 Å². The SMILES string of the molecule is C=CCCCOc1ccc(C(C)NC)c(F)c1. The van der Waals surface area contributed by atoms with E-state index in [2.05, 4.69) is 11.9 Å². The molecule has 0 bridgehead atoms. The molecule has 0 aliphatic heterocycles. The van der Waals surface area contributed by atoms with E-state index < -0.39 is 0 Å². The Kier molecular flexibility index (Phi) is 5.70. The Morgan fingerprint density at radius 1 is 1.53 bits per heavy atom. The van der Waals surface area contributed by atoms with Gasteiger partial charge >= 0.3 is 0 Å². The van der Waals surface area contributed by atoms with Crippen molar-refractivity contribution in [3.63, 3.8) is 0 Å². The highest BCUT2D eigenvalue weighted by molar-refractivity contribution is 5.30. The monoisotopic (exact) mass is 237 g/mol. The number of ether oxygens (including phenoxy) is 1. The minimum absolute atomic E-state index is 0.00446. The molecule has 1 atom stereocenters. The Balaban J connectivity index is 2.59. The Labute approximate surface area is 102 Å². The number of nitrogens with one attached hydrogen (secondary N) is 1. The van der Waals surface area contributed by atoms with Crippen LogP contribution in [-0.4, -0.2) is 13.7 Å². The fourth-order valence-corrected chi connectivity index (χ4v) is 1.52. The van der Waals surface area contributed by atoms with Crippen molar-refractivity contribution in [1.29, 1.82) is 0 Å². The highest BCUT2D eigenvalue weighted by Crippen LogP contribution is 2.21. The Morgan fingerprint density at radius 2 is 2.29 bits per heavy atom. The second-order valence-electron chi connectivity index (χ2n) is 3.97. The molecule has 0 fully saturated rings. The van der Waals surface area contributed by atoms with Gasteiger partial charge in [-0.3, -0.25) is 0 Å². The summed E-state index contributed by atoms with van der Waals surface area (Å²) >= 11 is 0. The van der Waals surface area contributed by atoms with Gasteiger partial charge in [0.25, 0.3) is 0 Å². The first-order valence-corrected chi connectivity index (χ1v) is 5.89. The third-order valence-corrected chi connectivity index (χ3v) is 2.69. The van der Waals surface area contributed by atoms with Crippen LogP contribution in [0.4, 0.5) is 4.39 Å². The summed E-state index contributed by atoms with van der Waals surface area (Å²) in [4.78, 5) is 0. The molecule has 0 amide bonds. The van der Waals surface area contributed by atoms with Crippen molar-refractivity contribution >= 4 is 0 Å². The van der Waals surface area contributed by atoms with Crippen LogP contribution in [0.2, 0.25) is 0 Å². The minimum Gasteiger partial charge on any atom is -0.493 e. The van der Waals surface area contributed by atoms with Gasteiger partial charge in [-0.25, -0.2) is 4.39 Å². The van der Waals surface area contributed by atoms with Crippen molar-refractivity contribution in [2.75, 3.05) is 13.7 Å². The summed E-state index contributed by atoms with van der Waals surface area (Å²) in [6, 6.07) is 5.01. The second-order valence-corrected chi connectivity index (χ2v) is 3.97. The molecule has 0 aliphatic carbocycles. The largest absolute Gasteiger partial charge is 0.493 e. The maximum absolute atomic E-state index is 13.7. The molecule has 3 heteroatoms. The lowest BCUT2D eigenvalue weighted by Gasteiger charge is -2.13. The average molecular weight is 237 g/mol. The van der Waals surface area contributed by atoms with E-state index in [0.717, 1.165) is 12.8 Å². The standard InChI is InChI=1S/C14H20FNO/c1-4-5-6-9-17-12-7-8-13(11(2)16-3)14(15)10-12/h4,7-8,10-11,16H,1,5-6,9H2,2-3H3. The van der Waals surface area contributed by atoms with Crippen LogP contribution in [-0.2, 0) is 0 Å². The quantitative estimate of drug-likeness (QED) is 0.579. The molecule has 1 N–H and O–H groups in total. The van der Waals surface area contributed by atoms with Crippen molar-refractivity contribution in [3.8, 4) is 5.75 Å². The first kappa shape index (κ1) is 13.7. The predicted octanol–water partition coefficient (Wildman–Crippen LogP) is 3.45. The molecule has 0 saturated carbocycles. The van der Waals surface area contributed by atoms with E-state index in [0.29, 0.717) is 17.9 Å². The topological polar surface area (TPSA) is 21.3 Å². The van der Waals surface area contributed by atoms with Gasteiger partial charge in [-0.1, -0.05) is 12.1 Å². The summed E-state index contributed by atoms with van der Waals surface area (Å²) in [5.41, 5.74) is 0.658. The number of unbranched alkanes of at least 4 members (excludes halogenated alkanes) is 1. The zero-order valence-corrected chi connectivity index (χ0v) is 10.5. The van der Waals surface area contributed by atoms with Crippen molar-refractivity contribution in [2.45, 2.75) is 25.8 Å². The van der Waals surface area contributed by atoms with Gasteiger partial charge in [0.05, 0.1) is 6.61 Å². The lowest BCUT2D eigenvalue weighted by molar-refractivity contribution is 0.310. The third-order valence-electron chi connectivity index (χ3n) is 2.69. The summed E-state index contributed by atoms with van der Waals surface area (Å²) in [6.07, 6.45) is 3.67. The third kappa shape index (κ3) is 4.19. The van der Waals surface area contributed by atoms with Crippen LogP contribution in [0, 0.1) is 5.82 Å². The molecule has 0 spiro atoms. The van der Waals surface area contributed by atoms with Crippen LogP contribution < -0.4 is 10.1 Å². The van der Waals surface area contributed by atoms with Gasteiger partial charge in [0.1, 0.15) is 11.6 Å². The molecule has 1 rings (SSSR count). The van der Waals surface area contributed by atoms with E-state index in [1.807, 2.05) is 20.0 Å². The molecule has 0 saturated heterocycles. The van der Waals surface area contributed by atoms with Crippen LogP contribution in [0.5, 0.6) is 5.75 Å². The summed E-state index contributed by atoms with van der Waals surface area (Å²) in [5, 5.41) is 3.01. The molecule has 0 aromatic heterocycles. The number of hydrogen-bond donors (Lipinski definition) is 1. The van der Waals surface area contributed by atoms with E-state index in [4.69, 9.17) is 4.74 Å². The zero-order chi connectivity index (χ0) is 12.7. The molecule has 0 aliphatic rings. The highest BCUT2D eigenvalue weighted by Gasteiger charge is 2.09. The molecule has 17 heavy (non-hydrogen) atoms. The summed E-state index contributed by atoms with van der Waals surface area (Å²) < 4.78 is 19.2. The highest BCUT2D eigenvalue weighted by atomic mass is 19.1. The lowest BCUT2D eigenvalue weighted by Crippen LogP contribution is -2.13. The number of benzene rings is 1. The van der Waals surface area contributed by atoms with Crippen molar-refractivity contribution in [3.05, 3.63) is 42.2 Å². The van der Waals surface area contributed by atoms with Crippen LogP contribution in [0.1, 0.15) is 31.4 Å². The molecule has 1 aromatic carbocycles. The van der Waals surface area contributed by atoms with Gasteiger partial charge in [-0.2, -0.15) is 0 Å². The summed E-state index contributed by atoms with van der Waals surface area (Å²) in [7, 11) is 1.81. The average Bonchev–Trinajstić information content (AvgIpc) is 2.34. The normalized spacial score (nSPS) is 12.2. The zero-order valence-electron chi connectivity index (χ0n) is 10.5. The first-order valence-electron chi connectivity index (χ1n) is 5.89. The summed E-state index contributed by atoms with van der Waals surface area (Å²) in [6.45, 7) is 6.15. The van der Waals surface area contributed by atoms with E-state index in [9.17, 15) is 4.39 Å². The van der Waals surface area contributed by atoms with E-state index in [-0.39, 0.29) is 11.9 Å². The number of halogens is 1. The molecule has 94 valence electrons. The molecule has 1 unspecified atom stereocenters. The van der Waals surface area contributed by atoms with Crippen molar-refractivity contribution < 1.29 is 9.13 Å². The lowest BCUT2D eigenvalue weighted by atomic mass is 10.1. The maximum Gasteiger partial charge on any atom is 0.131 e. The van der Waals surface area contributed by atoms with Gasteiger partial charge in [0.15, 0.2) is 0 Å². The molecule has 2 nitrogen and oxygen atoms in total. The molecule has 0 heterocycles. The smallest absolute Gasteiger partial charge is 0.131 e. The van der Waals surface area contributed by atoms with E-state index >= 15 is 0 Å². The van der Waals surface area contributed by atoms with Crippen LogP contribution >= 0.6 is 0 Å². The van der Waals surface area contributed by atoms with Crippen LogP contribution in [0.25, 0.3) is 0 Å². The Morgan fingerprint density at radius 3 is 2.88 bits per heavy atom. The second kappa shape index (κ2) is 7.07. The summed E-state index contributed by atoms with van der Waals surface area (Å²) in [5.74, 6) is 0.353. The minimum atomic E-state index is -0.229. The number of allylic oxidation sites excluding steroid dienone is 1. The number of rotatable bonds is 7. The van der Waals surface area contributed by atoms with Gasteiger partial charge in [0.2, 0.25) is 0 Å². The maximum atomic E-state index is 13.7. The first-order chi connectivity index (χ1) is 8.19. The van der Waals surface area contributed by atoms with Crippen molar-refractivity contribution in [2.24, 2.45) is 0 Å². The molecule has 0 radical (unpaired) electrons. The Bertz CT molecular complexity index is 365. The van der Waals surface area contributed by atoms with Gasteiger partial charge in [-0.15, -0.1) is 6.58 Å². The molecular weight excluding hydrogens is 217 g/mol. The van der Waals surface area contributed by atoms with Crippen molar-refractivity contribution in [1.82, 2.24) is 5.32 Å². The number of hydrogen-bond acceptors (Lipinski definition) is 2. The van der Waals surface area contributed by atoms with Crippen LogP contribution in [0.3, 0.4) is 0 Å². The van der Waals surface area contributed by atoms with Gasteiger partial charge in [0, 0.05) is 17.7 Å². The molecule has 1 aromatic rings. The predicted molar refractivity (Wildman–Crippen MR) is 68.8 cm³/mol.